The fourth-order valence-electron chi connectivity index (χ4n) is 2.38. The van der Waals surface area contributed by atoms with E-state index in [1.54, 1.807) is 6.08 Å². The summed E-state index contributed by atoms with van der Waals surface area (Å²) in [6, 6.07) is 0. The van der Waals surface area contributed by atoms with Crippen LogP contribution >= 0.6 is 0 Å². The number of hydrogen-bond donors (Lipinski definition) is 1. The summed E-state index contributed by atoms with van der Waals surface area (Å²) in [6.45, 7) is 4.02. The van der Waals surface area contributed by atoms with E-state index in [4.69, 9.17) is 4.74 Å². The van der Waals surface area contributed by atoms with Gasteiger partial charge in [0.1, 0.15) is 0 Å². The first kappa shape index (κ1) is 10.7. The first-order chi connectivity index (χ1) is 7.29. The van der Waals surface area contributed by atoms with Crippen LogP contribution < -0.4 is 5.32 Å². The average Bonchev–Trinajstić information content (AvgIpc) is 2.83. The molecule has 1 aliphatic carbocycles. The third kappa shape index (κ3) is 2.59. The molecule has 1 aliphatic heterocycles. The van der Waals surface area contributed by atoms with Crippen LogP contribution in [-0.4, -0.2) is 25.0 Å². The Balaban J connectivity index is 1.78. The standard InChI is InChI=1S/C12H19NO2/c1-2-12-9(5-6-15-12)8-13-10-3-4-11(14)7-10/h7,9,12-13H,2-6,8H2,1H3. The van der Waals surface area contributed by atoms with Crippen molar-refractivity contribution in [3.05, 3.63) is 11.8 Å². The number of hydrogen-bond acceptors (Lipinski definition) is 3. The van der Waals surface area contributed by atoms with Crippen LogP contribution in [-0.2, 0) is 9.53 Å². The third-order valence-electron chi connectivity index (χ3n) is 3.32. The Labute approximate surface area is 90.9 Å². The molecule has 2 atom stereocenters. The topological polar surface area (TPSA) is 38.3 Å². The van der Waals surface area contributed by atoms with Gasteiger partial charge in [-0.3, -0.25) is 4.79 Å². The molecule has 2 unspecified atom stereocenters. The summed E-state index contributed by atoms with van der Waals surface area (Å²) in [5.41, 5.74) is 1.11. The van der Waals surface area contributed by atoms with Gasteiger partial charge in [-0.25, -0.2) is 0 Å². The second-order valence-electron chi connectivity index (χ2n) is 4.38. The van der Waals surface area contributed by atoms with Gasteiger partial charge in [-0.05, 0) is 19.3 Å². The molecule has 84 valence electrons. The lowest BCUT2D eigenvalue weighted by molar-refractivity contribution is -0.114. The molecule has 3 heteroatoms. The lowest BCUT2D eigenvalue weighted by atomic mass is 9.99. The van der Waals surface area contributed by atoms with Gasteiger partial charge in [-0.15, -0.1) is 0 Å². The highest BCUT2D eigenvalue weighted by molar-refractivity contribution is 5.92. The maximum absolute atomic E-state index is 11.0. The average molecular weight is 209 g/mol. The number of ether oxygens (including phenoxy) is 1. The van der Waals surface area contributed by atoms with Gasteiger partial charge in [-0.2, -0.15) is 0 Å². The van der Waals surface area contributed by atoms with Gasteiger partial charge in [-0.1, -0.05) is 6.92 Å². The molecular formula is C12H19NO2. The summed E-state index contributed by atoms with van der Waals surface area (Å²) < 4.78 is 5.62. The Hall–Kier alpha value is -0.830. The molecule has 0 radical (unpaired) electrons. The van der Waals surface area contributed by atoms with Crippen LogP contribution in [0.5, 0.6) is 0 Å². The van der Waals surface area contributed by atoms with Crippen molar-refractivity contribution in [3.8, 4) is 0 Å². The molecule has 15 heavy (non-hydrogen) atoms. The van der Waals surface area contributed by atoms with E-state index in [-0.39, 0.29) is 5.78 Å². The van der Waals surface area contributed by atoms with E-state index in [0.717, 1.165) is 38.1 Å². The summed E-state index contributed by atoms with van der Waals surface area (Å²) in [7, 11) is 0. The van der Waals surface area contributed by atoms with Gasteiger partial charge in [0, 0.05) is 37.3 Å². The number of carbonyl (C=O) groups is 1. The zero-order chi connectivity index (χ0) is 10.7. The van der Waals surface area contributed by atoms with Crippen LogP contribution in [0.1, 0.15) is 32.6 Å². The molecule has 1 N–H and O–H groups in total. The highest BCUT2D eigenvalue weighted by Crippen LogP contribution is 2.23. The Morgan fingerprint density at radius 2 is 2.40 bits per heavy atom. The molecule has 1 fully saturated rings. The van der Waals surface area contributed by atoms with Crippen molar-refractivity contribution in [1.82, 2.24) is 5.32 Å². The predicted octanol–water partition coefficient (Wildman–Crippen LogP) is 1.64. The number of nitrogens with one attached hydrogen (secondary N) is 1. The van der Waals surface area contributed by atoms with E-state index in [9.17, 15) is 4.79 Å². The maximum Gasteiger partial charge on any atom is 0.157 e. The summed E-state index contributed by atoms with van der Waals surface area (Å²) in [5, 5.41) is 3.38. The fourth-order valence-corrected chi connectivity index (χ4v) is 2.38. The van der Waals surface area contributed by atoms with Crippen LogP contribution in [0.4, 0.5) is 0 Å². The largest absolute Gasteiger partial charge is 0.388 e. The van der Waals surface area contributed by atoms with Crippen molar-refractivity contribution in [2.24, 2.45) is 5.92 Å². The molecule has 0 saturated carbocycles. The number of allylic oxidation sites excluding steroid dienone is 2. The molecule has 0 amide bonds. The van der Waals surface area contributed by atoms with Crippen LogP contribution in [0.2, 0.25) is 0 Å². The number of carbonyl (C=O) groups excluding carboxylic acids is 1. The lowest BCUT2D eigenvalue weighted by Gasteiger charge is -2.18. The van der Waals surface area contributed by atoms with Gasteiger partial charge in [0.2, 0.25) is 0 Å². The highest BCUT2D eigenvalue weighted by atomic mass is 16.5. The zero-order valence-electron chi connectivity index (χ0n) is 9.29. The van der Waals surface area contributed by atoms with Crippen molar-refractivity contribution in [2.75, 3.05) is 13.2 Å². The molecule has 1 saturated heterocycles. The van der Waals surface area contributed by atoms with E-state index in [0.29, 0.717) is 18.4 Å². The molecule has 3 nitrogen and oxygen atoms in total. The lowest BCUT2D eigenvalue weighted by Crippen LogP contribution is -2.27. The van der Waals surface area contributed by atoms with Crippen LogP contribution in [0.3, 0.4) is 0 Å². The Bertz CT molecular complexity index is 273. The van der Waals surface area contributed by atoms with Gasteiger partial charge >= 0.3 is 0 Å². The van der Waals surface area contributed by atoms with Crippen molar-refractivity contribution >= 4 is 5.78 Å². The quantitative estimate of drug-likeness (QED) is 0.765. The normalized spacial score (nSPS) is 30.7. The number of ketones is 1. The molecule has 2 rings (SSSR count). The minimum absolute atomic E-state index is 0.257. The smallest absolute Gasteiger partial charge is 0.157 e. The molecule has 0 bridgehead atoms. The Kier molecular flexibility index (Phi) is 3.41. The second kappa shape index (κ2) is 4.79. The second-order valence-corrected chi connectivity index (χ2v) is 4.38. The van der Waals surface area contributed by atoms with Gasteiger partial charge in [0.05, 0.1) is 6.10 Å². The number of rotatable bonds is 4. The van der Waals surface area contributed by atoms with Crippen molar-refractivity contribution in [2.45, 2.75) is 38.7 Å². The monoisotopic (exact) mass is 209 g/mol. The molecule has 0 aromatic carbocycles. The minimum atomic E-state index is 0.257. The molecule has 0 aromatic heterocycles. The zero-order valence-corrected chi connectivity index (χ0v) is 9.29. The van der Waals surface area contributed by atoms with E-state index in [1.807, 2.05) is 0 Å². The summed E-state index contributed by atoms with van der Waals surface area (Å²) in [4.78, 5) is 11.0. The SMILES string of the molecule is CCC1OCCC1CNC1=CC(=O)CC1. The van der Waals surface area contributed by atoms with E-state index in [2.05, 4.69) is 12.2 Å². The summed E-state index contributed by atoms with van der Waals surface area (Å²) in [5.74, 6) is 0.874. The van der Waals surface area contributed by atoms with E-state index >= 15 is 0 Å². The van der Waals surface area contributed by atoms with Gasteiger partial charge < -0.3 is 10.1 Å². The molecule has 1 heterocycles. The Morgan fingerprint density at radius 3 is 3.07 bits per heavy atom. The van der Waals surface area contributed by atoms with E-state index in [1.165, 1.54) is 0 Å². The summed E-state index contributed by atoms with van der Waals surface area (Å²) in [6.07, 6.45) is 5.97. The first-order valence-electron chi connectivity index (χ1n) is 5.88. The van der Waals surface area contributed by atoms with Crippen molar-refractivity contribution < 1.29 is 9.53 Å². The van der Waals surface area contributed by atoms with Gasteiger partial charge in [0.25, 0.3) is 0 Å². The molecule has 2 aliphatic rings. The Morgan fingerprint density at radius 1 is 1.53 bits per heavy atom. The van der Waals surface area contributed by atoms with Crippen LogP contribution in [0.15, 0.2) is 11.8 Å². The van der Waals surface area contributed by atoms with Crippen LogP contribution in [0.25, 0.3) is 0 Å². The third-order valence-corrected chi connectivity index (χ3v) is 3.32. The molecule has 0 aromatic rings. The minimum Gasteiger partial charge on any atom is -0.388 e. The highest BCUT2D eigenvalue weighted by Gasteiger charge is 2.26. The van der Waals surface area contributed by atoms with Crippen LogP contribution in [0, 0.1) is 5.92 Å². The maximum atomic E-state index is 11.0. The first-order valence-corrected chi connectivity index (χ1v) is 5.88. The summed E-state index contributed by atoms with van der Waals surface area (Å²) >= 11 is 0. The van der Waals surface area contributed by atoms with Crippen molar-refractivity contribution in [3.63, 3.8) is 0 Å². The molecular weight excluding hydrogens is 190 g/mol. The predicted molar refractivity (Wildman–Crippen MR) is 58.5 cm³/mol. The van der Waals surface area contributed by atoms with Gasteiger partial charge in [0.15, 0.2) is 5.78 Å². The fraction of sp³-hybridized carbons (Fsp3) is 0.750. The van der Waals surface area contributed by atoms with E-state index < -0.39 is 0 Å². The molecule has 0 spiro atoms. The van der Waals surface area contributed by atoms with Crippen molar-refractivity contribution in [1.29, 1.82) is 0 Å².